The first-order valence-electron chi connectivity index (χ1n) is 10.1. The summed E-state index contributed by atoms with van der Waals surface area (Å²) in [6.07, 6.45) is 0. The zero-order valence-corrected chi connectivity index (χ0v) is 10.4. The Hall–Kier alpha value is -1.94. The second-order valence-corrected chi connectivity index (χ2v) is 4.97. The SMILES string of the molecule is [2H]c1c([2H])c([2H])c(C(c2c([2H])c([2H])c([2H])c([2H])c2[2H])S(=O)CC(N)=O)c([2H])c1[2H]. The smallest absolute Gasteiger partial charge is 0.230 e. The number of primary amides is 1. The van der Waals surface area contributed by atoms with Crippen LogP contribution in [0.2, 0.25) is 0 Å². The number of hydrogen-bond donors (Lipinski definition) is 1. The maximum Gasteiger partial charge on any atom is 0.230 e. The van der Waals surface area contributed by atoms with Crippen LogP contribution < -0.4 is 5.73 Å². The fraction of sp³-hybridized carbons (Fsp3) is 0.133. The summed E-state index contributed by atoms with van der Waals surface area (Å²) in [4.78, 5) is 11.3. The minimum absolute atomic E-state index is 0.547. The van der Waals surface area contributed by atoms with Gasteiger partial charge in [0.25, 0.3) is 0 Å². The number of amides is 1. The van der Waals surface area contributed by atoms with Gasteiger partial charge in [-0.2, -0.15) is 0 Å². The largest absolute Gasteiger partial charge is 0.369 e. The molecule has 19 heavy (non-hydrogen) atoms. The Morgan fingerprint density at radius 1 is 1.05 bits per heavy atom. The van der Waals surface area contributed by atoms with E-state index in [4.69, 9.17) is 19.4 Å². The molecule has 0 aliphatic rings. The van der Waals surface area contributed by atoms with E-state index < -0.39 is 99.3 Å². The molecule has 4 heteroatoms. The molecule has 0 aliphatic carbocycles. The van der Waals surface area contributed by atoms with Crippen molar-refractivity contribution in [2.45, 2.75) is 5.25 Å². The van der Waals surface area contributed by atoms with Crippen molar-refractivity contribution in [2.75, 3.05) is 5.75 Å². The van der Waals surface area contributed by atoms with E-state index in [2.05, 4.69) is 0 Å². The van der Waals surface area contributed by atoms with E-state index in [9.17, 15) is 9.00 Å². The number of carbonyl (C=O) groups excluding carboxylic acids is 1. The summed E-state index contributed by atoms with van der Waals surface area (Å²) in [6, 6.07) is -7.49. The van der Waals surface area contributed by atoms with E-state index >= 15 is 0 Å². The average molecular weight is 283 g/mol. The van der Waals surface area contributed by atoms with Crippen LogP contribution in [0.15, 0.2) is 60.4 Å². The van der Waals surface area contributed by atoms with E-state index in [0.29, 0.717) is 0 Å². The van der Waals surface area contributed by atoms with Crippen molar-refractivity contribution < 1.29 is 22.7 Å². The second kappa shape index (κ2) is 6.29. The summed E-state index contributed by atoms with van der Waals surface area (Å²) in [5.41, 5.74) is 3.99. The molecular formula is C15H15NO2S. The van der Waals surface area contributed by atoms with Crippen molar-refractivity contribution in [3.05, 3.63) is 71.6 Å². The molecule has 1 atom stereocenters. The molecule has 2 aromatic carbocycles. The van der Waals surface area contributed by atoms with Gasteiger partial charge in [-0.25, -0.2) is 0 Å². The highest BCUT2D eigenvalue weighted by Crippen LogP contribution is 2.27. The first-order valence-corrected chi connectivity index (χ1v) is 6.50. The van der Waals surface area contributed by atoms with Gasteiger partial charge < -0.3 is 5.73 Å². The van der Waals surface area contributed by atoms with Crippen molar-refractivity contribution in [2.24, 2.45) is 5.73 Å². The van der Waals surface area contributed by atoms with Crippen LogP contribution in [0.3, 0.4) is 0 Å². The molecule has 2 N–H and O–H groups in total. The summed E-state index contributed by atoms with van der Waals surface area (Å²) in [5, 5.41) is -1.77. The quantitative estimate of drug-likeness (QED) is 0.912. The van der Waals surface area contributed by atoms with E-state index in [0.717, 1.165) is 0 Å². The predicted octanol–water partition coefficient (Wildman–Crippen LogP) is 2.01. The summed E-state index contributed by atoms with van der Waals surface area (Å²) < 4.78 is 91.9. The van der Waals surface area contributed by atoms with Crippen LogP contribution in [-0.2, 0) is 15.6 Å². The van der Waals surface area contributed by atoms with Gasteiger partial charge in [0.1, 0.15) is 5.75 Å². The van der Waals surface area contributed by atoms with Gasteiger partial charge in [0.2, 0.25) is 5.91 Å². The molecule has 0 heterocycles. The lowest BCUT2D eigenvalue weighted by Crippen LogP contribution is -2.23. The highest BCUT2D eigenvalue weighted by Gasteiger charge is 2.22. The summed E-state index contributed by atoms with van der Waals surface area (Å²) in [7, 11) is -2.39. The van der Waals surface area contributed by atoms with Crippen molar-refractivity contribution in [3.8, 4) is 0 Å². The van der Waals surface area contributed by atoms with Crippen LogP contribution in [0.25, 0.3) is 0 Å². The molecule has 3 nitrogen and oxygen atoms in total. The molecule has 0 saturated heterocycles. The standard InChI is InChI=1S/C15H15NO2S/c16-14(17)11-19(18)15(12-7-3-1-4-8-12)13-9-5-2-6-10-13/h1-10,15H,11H2,(H2,16,17)/i1D,2D,3D,4D,5D,6D,7D,8D,9D,10D. The molecule has 0 aliphatic heterocycles. The molecule has 0 saturated carbocycles. The third-order valence-electron chi connectivity index (χ3n) is 2.11. The normalized spacial score (nSPS) is 19.6. The van der Waals surface area contributed by atoms with Crippen molar-refractivity contribution in [1.82, 2.24) is 0 Å². The number of carbonyl (C=O) groups is 1. The Balaban J connectivity index is 3.01. The van der Waals surface area contributed by atoms with Gasteiger partial charge >= 0.3 is 0 Å². The minimum atomic E-state index is -2.39. The maximum atomic E-state index is 12.9. The third kappa shape index (κ3) is 3.51. The molecule has 2 aromatic rings. The number of rotatable bonds is 5. The lowest BCUT2D eigenvalue weighted by Gasteiger charge is -2.16. The summed E-state index contributed by atoms with van der Waals surface area (Å²) in [6.45, 7) is 0. The number of nitrogens with two attached hydrogens (primary N) is 1. The van der Waals surface area contributed by atoms with Crippen LogP contribution in [-0.4, -0.2) is 15.9 Å². The van der Waals surface area contributed by atoms with Crippen LogP contribution in [0.1, 0.15) is 30.1 Å². The highest BCUT2D eigenvalue weighted by molar-refractivity contribution is 7.86. The molecular weight excluding hydrogens is 258 g/mol. The fourth-order valence-corrected chi connectivity index (χ4v) is 2.62. The number of hydrogen-bond acceptors (Lipinski definition) is 2. The summed E-state index contributed by atoms with van der Waals surface area (Å²) in [5.74, 6) is -1.84. The first kappa shape index (κ1) is 5.59. The second-order valence-electron chi connectivity index (χ2n) is 3.45. The Labute approximate surface area is 129 Å². The molecule has 0 radical (unpaired) electrons. The van der Waals surface area contributed by atoms with E-state index in [1.54, 1.807) is 0 Å². The predicted molar refractivity (Wildman–Crippen MR) is 76.9 cm³/mol. The zero-order valence-electron chi connectivity index (χ0n) is 19.6. The van der Waals surface area contributed by atoms with E-state index in [-0.39, 0.29) is 0 Å². The highest BCUT2D eigenvalue weighted by atomic mass is 32.2. The molecule has 0 spiro atoms. The topological polar surface area (TPSA) is 60.2 Å². The molecule has 0 bridgehead atoms. The lowest BCUT2D eigenvalue weighted by molar-refractivity contribution is -0.115. The van der Waals surface area contributed by atoms with Gasteiger partial charge in [0.05, 0.1) is 19.0 Å². The fourth-order valence-electron chi connectivity index (χ4n) is 1.41. The van der Waals surface area contributed by atoms with Crippen molar-refractivity contribution >= 4 is 16.7 Å². The lowest BCUT2D eigenvalue weighted by atomic mass is 10.0. The molecule has 0 fully saturated rings. The van der Waals surface area contributed by atoms with Gasteiger partial charge in [-0.15, -0.1) is 0 Å². The van der Waals surface area contributed by atoms with E-state index in [1.807, 2.05) is 0 Å². The van der Waals surface area contributed by atoms with Crippen LogP contribution in [0, 0.1) is 0 Å². The number of benzene rings is 2. The van der Waals surface area contributed by atoms with Crippen molar-refractivity contribution in [3.63, 3.8) is 0 Å². The van der Waals surface area contributed by atoms with E-state index in [1.165, 1.54) is 0 Å². The minimum Gasteiger partial charge on any atom is -0.369 e. The van der Waals surface area contributed by atoms with Gasteiger partial charge in [-0.1, -0.05) is 60.4 Å². The third-order valence-corrected chi connectivity index (χ3v) is 3.68. The molecule has 2 rings (SSSR count). The molecule has 1 amide bonds. The Bertz CT molecular complexity index is 931. The molecule has 0 aromatic heterocycles. The Morgan fingerprint density at radius 2 is 1.47 bits per heavy atom. The van der Waals surface area contributed by atoms with Gasteiger partial charge in [0.15, 0.2) is 0 Å². The van der Waals surface area contributed by atoms with Crippen LogP contribution >= 0.6 is 0 Å². The average Bonchev–Trinajstić information content (AvgIpc) is 2.66. The maximum absolute atomic E-state index is 12.9. The summed E-state index contributed by atoms with van der Waals surface area (Å²) >= 11 is 0. The molecule has 98 valence electrons. The molecule has 1 unspecified atom stereocenters. The Kier molecular flexibility index (Phi) is 1.85. The first-order chi connectivity index (χ1) is 13.3. The zero-order chi connectivity index (χ0) is 22.4. The van der Waals surface area contributed by atoms with Crippen LogP contribution in [0.4, 0.5) is 0 Å². The van der Waals surface area contributed by atoms with Gasteiger partial charge in [-0.3, -0.25) is 9.00 Å². The van der Waals surface area contributed by atoms with Crippen LogP contribution in [0.5, 0.6) is 0 Å². The van der Waals surface area contributed by atoms with Gasteiger partial charge in [-0.05, 0) is 11.1 Å². The van der Waals surface area contributed by atoms with Gasteiger partial charge in [0, 0.05) is 10.8 Å². The van der Waals surface area contributed by atoms with Crippen molar-refractivity contribution in [1.29, 1.82) is 0 Å². The monoisotopic (exact) mass is 283 g/mol. The Morgan fingerprint density at radius 3 is 1.84 bits per heavy atom.